The fourth-order valence-corrected chi connectivity index (χ4v) is 2.18. The molecule has 0 N–H and O–H groups in total. The Balaban J connectivity index is 2.15. The van der Waals surface area contributed by atoms with Crippen LogP contribution < -0.4 is 0 Å². The van der Waals surface area contributed by atoms with Gasteiger partial charge in [-0.1, -0.05) is 6.08 Å². The summed E-state index contributed by atoms with van der Waals surface area (Å²) in [5, 5.41) is 0. The van der Waals surface area contributed by atoms with Crippen molar-refractivity contribution in [2.45, 2.75) is 44.5 Å². The van der Waals surface area contributed by atoms with Crippen LogP contribution in [0.5, 0.6) is 0 Å². The summed E-state index contributed by atoms with van der Waals surface area (Å²) < 4.78 is 16.8. The number of hydrogen-bond acceptors (Lipinski definition) is 4. The molecule has 16 heavy (non-hydrogen) atoms. The number of carbonyl (C=O) groups excluding carboxylic acids is 1. The van der Waals surface area contributed by atoms with Gasteiger partial charge < -0.3 is 14.2 Å². The lowest BCUT2D eigenvalue weighted by Gasteiger charge is -2.40. The zero-order valence-corrected chi connectivity index (χ0v) is 9.61. The smallest absolute Gasteiger partial charge is 0.303 e. The predicted octanol–water partition coefficient (Wildman–Crippen LogP) is 1.79. The normalized spacial score (nSPS) is 34.7. The molecule has 2 aliphatic rings. The maximum Gasteiger partial charge on any atom is 0.303 e. The molecular formula is C12H18O4. The van der Waals surface area contributed by atoms with Gasteiger partial charge in [-0.25, -0.2) is 0 Å². The first kappa shape index (κ1) is 11.6. The number of esters is 1. The van der Waals surface area contributed by atoms with Crippen LogP contribution in [-0.4, -0.2) is 31.1 Å². The minimum absolute atomic E-state index is 0.298. The number of carbonyl (C=O) groups is 1. The number of rotatable bonds is 1. The van der Waals surface area contributed by atoms with E-state index in [-0.39, 0.29) is 5.97 Å². The minimum atomic E-state index is -0.739. The van der Waals surface area contributed by atoms with E-state index in [1.54, 1.807) is 0 Å². The van der Waals surface area contributed by atoms with E-state index in [0.717, 1.165) is 25.7 Å². The van der Waals surface area contributed by atoms with Crippen LogP contribution in [0, 0.1) is 0 Å². The summed E-state index contributed by atoms with van der Waals surface area (Å²) in [5.41, 5.74) is 0. The zero-order valence-electron chi connectivity index (χ0n) is 9.61. The van der Waals surface area contributed by atoms with E-state index < -0.39 is 11.9 Å². The molecule has 2 rings (SSSR count). The fraction of sp³-hybridized carbons (Fsp3) is 0.750. The summed E-state index contributed by atoms with van der Waals surface area (Å²) >= 11 is 0. The number of hydrogen-bond donors (Lipinski definition) is 0. The van der Waals surface area contributed by atoms with Gasteiger partial charge in [-0.05, 0) is 25.3 Å². The molecule has 0 saturated carbocycles. The molecule has 0 aromatic carbocycles. The van der Waals surface area contributed by atoms with Crippen LogP contribution in [-0.2, 0) is 19.0 Å². The lowest BCUT2D eigenvalue weighted by Crippen LogP contribution is -2.50. The van der Waals surface area contributed by atoms with Gasteiger partial charge in [0, 0.05) is 13.3 Å². The molecule has 1 saturated heterocycles. The lowest BCUT2D eigenvalue weighted by atomic mass is 9.99. The summed E-state index contributed by atoms with van der Waals surface area (Å²) in [6.07, 6.45) is 7.18. The Bertz CT molecular complexity index is 279. The highest BCUT2D eigenvalue weighted by Crippen LogP contribution is 2.33. The second-order valence-corrected chi connectivity index (χ2v) is 4.21. The molecule has 0 amide bonds. The Morgan fingerprint density at radius 3 is 2.88 bits per heavy atom. The third-order valence-corrected chi connectivity index (χ3v) is 2.93. The van der Waals surface area contributed by atoms with Gasteiger partial charge in [-0.15, -0.1) is 0 Å². The fourth-order valence-electron chi connectivity index (χ4n) is 2.18. The molecule has 0 bridgehead atoms. The van der Waals surface area contributed by atoms with E-state index >= 15 is 0 Å². The Morgan fingerprint density at radius 1 is 1.38 bits per heavy atom. The molecule has 0 aliphatic carbocycles. The van der Waals surface area contributed by atoms with Crippen LogP contribution >= 0.6 is 0 Å². The highest BCUT2D eigenvalue weighted by atomic mass is 16.7. The van der Waals surface area contributed by atoms with Gasteiger partial charge in [-0.2, -0.15) is 0 Å². The van der Waals surface area contributed by atoms with Crippen LogP contribution in [0.2, 0.25) is 0 Å². The molecule has 2 heterocycles. The Hall–Kier alpha value is -0.870. The molecule has 0 aromatic rings. The van der Waals surface area contributed by atoms with Gasteiger partial charge in [0.2, 0.25) is 5.79 Å². The van der Waals surface area contributed by atoms with Crippen LogP contribution in [0.1, 0.15) is 32.6 Å². The average molecular weight is 226 g/mol. The van der Waals surface area contributed by atoms with E-state index in [4.69, 9.17) is 14.2 Å². The summed E-state index contributed by atoms with van der Waals surface area (Å²) in [5.74, 6) is -1.04. The van der Waals surface area contributed by atoms with Crippen molar-refractivity contribution in [2.24, 2.45) is 0 Å². The van der Waals surface area contributed by atoms with Gasteiger partial charge in [0.05, 0.1) is 13.2 Å². The van der Waals surface area contributed by atoms with E-state index in [2.05, 4.69) is 0 Å². The molecule has 1 fully saturated rings. The predicted molar refractivity (Wildman–Crippen MR) is 57.8 cm³/mol. The summed E-state index contributed by atoms with van der Waals surface area (Å²) in [6, 6.07) is 0. The quantitative estimate of drug-likeness (QED) is 0.505. The molecule has 1 spiro atoms. The van der Waals surface area contributed by atoms with E-state index in [0.29, 0.717) is 13.2 Å². The van der Waals surface area contributed by atoms with Crippen LogP contribution in [0.4, 0.5) is 0 Å². The molecule has 1 unspecified atom stereocenters. The first-order valence-electron chi connectivity index (χ1n) is 5.85. The Labute approximate surface area is 95.6 Å². The number of ether oxygens (including phenoxy) is 3. The van der Waals surface area contributed by atoms with Crippen molar-refractivity contribution in [3.8, 4) is 0 Å². The van der Waals surface area contributed by atoms with Crippen molar-refractivity contribution < 1.29 is 19.0 Å². The summed E-state index contributed by atoms with van der Waals surface area (Å²) in [7, 11) is 0. The van der Waals surface area contributed by atoms with Crippen molar-refractivity contribution in [2.75, 3.05) is 13.2 Å². The second kappa shape index (κ2) is 4.97. The van der Waals surface area contributed by atoms with Crippen LogP contribution in [0.25, 0.3) is 0 Å². The third kappa shape index (κ3) is 2.44. The molecule has 0 aromatic heterocycles. The van der Waals surface area contributed by atoms with Crippen molar-refractivity contribution in [1.29, 1.82) is 0 Å². The van der Waals surface area contributed by atoms with E-state index in [9.17, 15) is 4.79 Å². The van der Waals surface area contributed by atoms with Gasteiger partial charge in [0.1, 0.15) is 0 Å². The van der Waals surface area contributed by atoms with Crippen molar-refractivity contribution in [3.05, 3.63) is 12.2 Å². The van der Waals surface area contributed by atoms with Crippen molar-refractivity contribution in [3.63, 3.8) is 0 Å². The maximum atomic E-state index is 11.1. The topological polar surface area (TPSA) is 44.8 Å². The molecule has 90 valence electrons. The monoisotopic (exact) mass is 226 g/mol. The molecule has 2 atom stereocenters. The van der Waals surface area contributed by atoms with Gasteiger partial charge >= 0.3 is 5.97 Å². The Kier molecular flexibility index (Phi) is 3.61. The van der Waals surface area contributed by atoms with Crippen LogP contribution in [0.3, 0.4) is 0 Å². The molecule has 4 heteroatoms. The van der Waals surface area contributed by atoms with Gasteiger partial charge in [0.25, 0.3) is 0 Å². The molecule has 2 aliphatic heterocycles. The SMILES string of the molecule is CC(=O)OC1C=CCCO[C@@]12CCCCO2. The highest BCUT2D eigenvalue weighted by molar-refractivity contribution is 5.66. The van der Waals surface area contributed by atoms with Crippen molar-refractivity contribution in [1.82, 2.24) is 0 Å². The zero-order chi connectivity index (χ0) is 11.4. The average Bonchev–Trinajstić information content (AvgIpc) is 2.44. The standard InChI is InChI=1S/C12H18O4/c1-10(13)16-11-6-2-4-8-14-12(11)7-3-5-9-15-12/h2,6,11H,3-5,7-9H2,1H3/t11?,12-/m1/s1. The minimum Gasteiger partial charge on any atom is -0.453 e. The summed E-state index contributed by atoms with van der Waals surface area (Å²) in [4.78, 5) is 11.1. The van der Waals surface area contributed by atoms with E-state index in [1.807, 2.05) is 12.2 Å². The first-order valence-corrected chi connectivity index (χ1v) is 5.85. The molecule has 0 radical (unpaired) electrons. The largest absolute Gasteiger partial charge is 0.453 e. The van der Waals surface area contributed by atoms with Crippen LogP contribution in [0.15, 0.2) is 12.2 Å². The first-order chi connectivity index (χ1) is 7.73. The molecular weight excluding hydrogens is 208 g/mol. The van der Waals surface area contributed by atoms with E-state index in [1.165, 1.54) is 6.92 Å². The molecule has 4 nitrogen and oxygen atoms in total. The third-order valence-electron chi connectivity index (χ3n) is 2.93. The second-order valence-electron chi connectivity index (χ2n) is 4.21. The highest BCUT2D eigenvalue weighted by Gasteiger charge is 2.44. The van der Waals surface area contributed by atoms with Gasteiger partial charge in [0.15, 0.2) is 6.10 Å². The van der Waals surface area contributed by atoms with Gasteiger partial charge in [-0.3, -0.25) is 4.79 Å². The maximum absolute atomic E-state index is 11.1. The van der Waals surface area contributed by atoms with Crippen molar-refractivity contribution >= 4 is 5.97 Å². The summed E-state index contributed by atoms with van der Waals surface area (Å²) in [6.45, 7) is 2.70. The lowest BCUT2D eigenvalue weighted by molar-refractivity contribution is -0.289. The Morgan fingerprint density at radius 2 is 2.19 bits per heavy atom.